The molecule has 1 atom stereocenters. The zero-order valence-electron chi connectivity index (χ0n) is 12.6. The van der Waals surface area contributed by atoms with Crippen LogP contribution in [-0.4, -0.2) is 28.7 Å². The van der Waals surface area contributed by atoms with Crippen LogP contribution in [0.25, 0.3) is 11.3 Å². The van der Waals surface area contributed by atoms with E-state index in [1.165, 1.54) is 0 Å². The van der Waals surface area contributed by atoms with Crippen LogP contribution < -0.4 is 15.8 Å². The molecule has 6 heteroatoms. The molecule has 0 bridgehead atoms. The van der Waals surface area contributed by atoms with Gasteiger partial charge in [0, 0.05) is 36.2 Å². The molecule has 0 amide bonds. The second kappa shape index (κ2) is 6.10. The quantitative estimate of drug-likeness (QED) is 0.907. The van der Waals surface area contributed by atoms with Crippen LogP contribution in [0.15, 0.2) is 24.5 Å². The maximum Gasteiger partial charge on any atom is 0.141 e. The lowest BCUT2D eigenvalue weighted by Crippen LogP contribution is -2.24. The minimum absolute atomic E-state index is 0.00585. The average molecular weight is 319 g/mol. The normalized spacial score (nSPS) is 16.5. The first kappa shape index (κ1) is 15.1. The summed E-state index contributed by atoms with van der Waals surface area (Å²) in [5, 5.41) is 3.87. The molecule has 1 aliphatic rings. The number of hydrogen-bond acceptors (Lipinski definition) is 5. The van der Waals surface area contributed by atoms with E-state index in [0.717, 1.165) is 34.8 Å². The fraction of sp³-hybridized carbons (Fsp3) is 0.375. The van der Waals surface area contributed by atoms with Crippen molar-refractivity contribution in [3.05, 3.63) is 35.1 Å². The molecule has 0 fully saturated rings. The molecule has 0 aliphatic carbocycles. The lowest BCUT2D eigenvalue weighted by molar-refractivity contribution is 0.241. The van der Waals surface area contributed by atoms with Gasteiger partial charge in [0.2, 0.25) is 0 Å². The van der Waals surface area contributed by atoms with Crippen molar-refractivity contribution in [1.82, 2.24) is 9.97 Å². The monoisotopic (exact) mass is 318 g/mol. The Balaban J connectivity index is 1.95. The number of halogens is 1. The van der Waals surface area contributed by atoms with Crippen molar-refractivity contribution in [1.29, 1.82) is 0 Å². The molecule has 0 spiro atoms. The van der Waals surface area contributed by atoms with Crippen molar-refractivity contribution >= 4 is 17.4 Å². The summed E-state index contributed by atoms with van der Waals surface area (Å²) in [6.07, 6.45) is 2.34. The van der Waals surface area contributed by atoms with E-state index >= 15 is 0 Å². The Morgan fingerprint density at radius 2 is 2.18 bits per heavy atom. The van der Waals surface area contributed by atoms with E-state index in [9.17, 15) is 0 Å². The summed E-state index contributed by atoms with van der Waals surface area (Å²) < 4.78 is 5.75. The zero-order chi connectivity index (χ0) is 15.7. The predicted octanol–water partition coefficient (Wildman–Crippen LogP) is 2.88. The van der Waals surface area contributed by atoms with Crippen LogP contribution in [0.4, 0.5) is 5.82 Å². The third kappa shape index (κ3) is 3.00. The van der Waals surface area contributed by atoms with E-state index in [2.05, 4.69) is 35.2 Å². The average Bonchev–Trinajstić information content (AvgIpc) is 2.90. The van der Waals surface area contributed by atoms with Crippen molar-refractivity contribution < 1.29 is 4.74 Å². The largest absolute Gasteiger partial charge is 0.487 e. The van der Waals surface area contributed by atoms with E-state index in [-0.39, 0.29) is 6.10 Å². The predicted molar refractivity (Wildman–Crippen MR) is 88.4 cm³/mol. The van der Waals surface area contributed by atoms with Gasteiger partial charge in [-0.05, 0) is 26.0 Å². The lowest BCUT2D eigenvalue weighted by atomic mass is 10.0. The topological polar surface area (TPSA) is 73.1 Å². The number of nitrogens with two attached hydrogens (primary N) is 1. The fourth-order valence-electron chi connectivity index (χ4n) is 2.56. The Morgan fingerprint density at radius 1 is 1.36 bits per heavy atom. The lowest BCUT2D eigenvalue weighted by Gasteiger charge is -2.11. The SMILES string of the molecule is CC(C)Nc1cc(-c2cc(Cl)c3c(c2)C[C@H](CN)O3)ncn1. The number of hydrogen-bond donors (Lipinski definition) is 2. The van der Waals surface area contributed by atoms with Gasteiger partial charge in [-0.15, -0.1) is 0 Å². The maximum atomic E-state index is 6.35. The van der Waals surface area contributed by atoms with Crippen LogP contribution in [0.1, 0.15) is 19.4 Å². The fourth-order valence-corrected chi connectivity index (χ4v) is 2.84. The van der Waals surface area contributed by atoms with Crippen LogP contribution in [0.3, 0.4) is 0 Å². The summed E-state index contributed by atoms with van der Waals surface area (Å²) in [5.41, 5.74) is 8.55. The molecule has 2 heterocycles. The maximum absolute atomic E-state index is 6.35. The summed E-state index contributed by atoms with van der Waals surface area (Å²) in [6, 6.07) is 6.18. The highest BCUT2D eigenvalue weighted by Gasteiger charge is 2.25. The Hall–Kier alpha value is -1.85. The van der Waals surface area contributed by atoms with Gasteiger partial charge in [0.1, 0.15) is 24.0 Å². The standard InChI is InChI=1S/C16H19ClN4O/c1-9(2)21-15-6-14(19-8-20-15)10-3-11-4-12(7-18)22-16(11)13(17)5-10/h3,5-6,8-9,12H,4,7,18H2,1-2H3,(H,19,20,21)/t12-/m1/s1. The highest BCUT2D eigenvalue weighted by atomic mass is 35.5. The molecule has 0 saturated carbocycles. The second-order valence-electron chi connectivity index (χ2n) is 5.71. The number of nitrogens with one attached hydrogen (secondary N) is 1. The van der Waals surface area contributed by atoms with Crippen molar-refractivity contribution in [3.63, 3.8) is 0 Å². The number of anilines is 1. The molecule has 116 valence electrons. The molecule has 2 aromatic rings. The molecule has 1 aromatic heterocycles. The smallest absolute Gasteiger partial charge is 0.141 e. The van der Waals surface area contributed by atoms with Gasteiger partial charge in [-0.2, -0.15) is 0 Å². The molecular weight excluding hydrogens is 300 g/mol. The van der Waals surface area contributed by atoms with Crippen LogP contribution in [0, 0.1) is 0 Å². The molecule has 3 N–H and O–H groups in total. The van der Waals surface area contributed by atoms with Crippen molar-refractivity contribution in [2.75, 3.05) is 11.9 Å². The number of ether oxygens (including phenoxy) is 1. The van der Waals surface area contributed by atoms with E-state index < -0.39 is 0 Å². The third-order valence-electron chi connectivity index (χ3n) is 3.51. The summed E-state index contributed by atoms with van der Waals surface area (Å²) in [4.78, 5) is 8.58. The minimum atomic E-state index is 0.00585. The van der Waals surface area contributed by atoms with Gasteiger partial charge in [0.05, 0.1) is 10.7 Å². The van der Waals surface area contributed by atoms with Crippen LogP contribution >= 0.6 is 11.6 Å². The molecule has 0 saturated heterocycles. The first-order chi connectivity index (χ1) is 10.6. The molecule has 1 aromatic carbocycles. The molecule has 1 aliphatic heterocycles. The molecular formula is C16H19ClN4O. The highest BCUT2D eigenvalue weighted by Crippen LogP contribution is 2.39. The first-order valence-corrected chi connectivity index (χ1v) is 7.72. The summed E-state index contributed by atoms with van der Waals surface area (Å²) >= 11 is 6.35. The van der Waals surface area contributed by atoms with Crippen LogP contribution in [0.5, 0.6) is 5.75 Å². The molecule has 3 rings (SSSR count). The Kier molecular flexibility index (Phi) is 4.18. The Morgan fingerprint density at radius 3 is 2.91 bits per heavy atom. The van der Waals surface area contributed by atoms with Gasteiger partial charge in [-0.1, -0.05) is 11.6 Å². The summed E-state index contributed by atoms with van der Waals surface area (Å²) in [5.74, 6) is 1.54. The number of benzene rings is 1. The molecule has 22 heavy (non-hydrogen) atoms. The zero-order valence-corrected chi connectivity index (χ0v) is 13.4. The van der Waals surface area contributed by atoms with Gasteiger partial charge < -0.3 is 15.8 Å². The molecule has 0 radical (unpaired) electrons. The van der Waals surface area contributed by atoms with Crippen molar-refractivity contribution in [3.8, 4) is 17.0 Å². The van der Waals surface area contributed by atoms with Gasteiger partial charge in [-0.3, -0.25) is 0 Å². The molecule has 0 unspecified atom stereocenters. The number of fused-ring (bicyclic) bond motifs is 1. The Bertz CT molecular complexity index is 690. The number of rotatable bonds is 4. The van der Waals surface area contributed by atoms with E-state index in [1.807, 2.05) is 12.1 Å². The van der Waals surface area contributed by atoms with Crippen molar-refractivity contribution in [2.24, 2.45) is 5.73 Å². The van der Waals surface area contributed by atoms with E-state index in [1.54, 1.807) is 6.33 Å². The van der Waals surface area contributed by atoms with E-state index in [0.29, 0.717) is 17.6 Å². The minimum Gasteiger partial charge on any atom is -0.487 e. The number of aromatic nitrogens is 2. The van der Waals surface area contributed by atoms with Gasteiger partial charge in [0.25, 0.3) is 0 Å². The van der Waals surface area contributed by atoms with Gasteiger partial charge in [0.15, 0.2) is 0 Å². The summed E-state index contributed by atoms with van der Waals surface area (Å²) in [7, 11) is 0. The van der Waals surface area contributed by atoms with Gasteiger partial charge >= 0.3 is 0 Å². The van der Waals surface area contributed by atoms with Crippen LogP contribution in [-0.2, 0) is 6.42 Å². The first-order valence-electron chi connectivity index (χ1n) is 7.35. The Labute approximate surface area is 134 Å². The highest BCUT2D eigenvalue weighted by molar-refractivity contribution is 6.32. The third-order valence-corrected chi connectivity index (χ3v) is 3.80. The molecule has 5 nitrogen and oxygen atoms in total. The van der Waals surface area contributed by atoms with Crippen molar-refractivity contribution in [2.45, 2.75) is 32.4 Å². The van der Waals surface area contributed by atoms with E-state index in [4.69, 9.17) is 22.1 Å². The van der Waals surface area contributed by atoms with Gasteiger partial charge in [-0.25, -0.2) is 9.97 Å². The van der Waals surface area contributed by atoms with Crippen LogP contribution in [0.2, 0.25) is 5.02 Å². The second-order valence-corrected chi connectivity index (χ2v) is 6.12. The summed E-state index contributed by atoms with van der Waals surface area (Å²) in [6.45, 7) is 4.62. The number of nitrogens with zero attached hydrogens (tertiary/aromatic N) is 2.